The van der Waals surface area contributed by atoms with Crippen LogP contribution in [0.4, 0.5) is 13.2 Å². The molecule has 1 heterocycles. The number of halogens is 3. The molecule has 1 saturated heterocycles. The van der Waals surface area contributed by atoms with E-state index in [0.29, 0.717) is 43.4 Å². The zero-order valence-electron chi connectivity index (χ0n) is 10.3. The lowest BCUT2D eigenvalue weighted by Gasteiger charge is -2.34. The van der Waals surface area contributed by atoms with E-state index >= 15 is 0 Å². The van der Waals surface area contributed by atoms with Gasteiger partial charge in [-0.05, 0) is 42.9 Å². The molecule has 102 valence electrons. The second-order valence-electron chi connectivity index (χ2n) is 5.27. The third-order valence-corrected chi connectivity index (χ3v) is 4.30. The van der Waals surface area contributed by atoms with Crippen molar-refractivity contribution in [2.24, 2.45) is 0 Å². The molecule has 0 aromatic heterocycles. The molecule has 19 heavy (non-hydrogen) atoms. The van der Waals surface area contributed by atoms with Crippen LogP contribution in [0, 0.1) is 0 Å². The monoisotopic (exact) mass is 269 g/mol. The van der Waals surface area contributed by atoms with Gasteiger partial charge in [0.15, 0.2) is 0 Å². The van der Waals surface area contributed by atoms with Gasteiger partial charge in [0.2, 0.25) is 5.91 Å². The van der Waals surface area contributed by atoms with E-state index < -0.39 is 17.2 Å². The second-order valence-corrected chi connectivity index (χ2v) is 5.27. The van der Waals surface area contributed by atoms with E-state index in [9.17, 15) is 18.0 Å². The molecule has 1 fully saturated rings. The van der Waals surface area contributed by atoms with E-state index in [0.717, 1.165) is 6.07 Å². The quantitative estimate of drug-likeness (QED) is 0.771. The molecule has 1 atom stereocenters. The lowest BCUT2D eigenvalue weighted by molar-refractivity contribution is -0.138. The van der Waals surface area contributed by atoms with Crippen molar-refractivity contribution >= 4 is 5.91 Å². The van der Waals surface area contributed by atoms with Gasteiger partial charge in [0.25, 0.3) is 0 Å². The standard InChI is InChI=1S/C14H14F3NO/c15-14(16,17)11-5-1-4-10-9(11)3-2-6-13(10)7-8-18-12(13)19/h1,4-5H,2-3,6-8H2,(H,18,19). The first-order valence-corrected chi connectivity index (χ1v) is 6.43. The summed E-state index contributed by atoms with van der Waals surface area (Å²) in [6, 6.07) is 4.22. The number of hydrogen-bond donors (Lipinski definition) is 1. The van der Waals surface area contributed by atoms with Gasteiger partial charge in [0, 0.05) is 6.54 Å². The highest BCUT2D eigenvalue weighted by atomic mass is 19.4. The Hall–Kier alpha value is -1.52. The Bertz CT molecular complexity index is 538. The molecule has 1 aliphatic carbocycles. The van der Waals surface area contributed by atoms with E-state index in [-0.39, 0.29) is 5.91 Å². The molecule has 3 rings (SSSR count). The average Bonchev–Trinajstić information content (AvgIpc) is 2.70. The number of alkyl halides is 3. The van der Waals surface area contributed by atoms with Gasteiger partial charge in [-0.15, -0.1) is 0 Å². The van der Waals surface area contributed by atoms with Gasteiger partial charge < -0.3 is 5.32 Å². The summed E-state index contributed by atoms with van der Waals surface area (Å²) in [4.78, 5) is 12.1. The molecule has 1 aromatic carbocycles. The Morgan fingerprint density at radius 3 is 2.63 bits per heavy atom. The maximum absolute atomic E-state index is 13.0. The Morgan fingerprint density at radius 2 is 2.00 bits per heavy atom. The molecule has 5 heteroatoms. The number of carbonyl (C=O) groups is 1. The SMILES string of the molecule is O=C1NCCC12CCCc1c(C(F)(F)F)cccc12. The van der Waals surface area contributed by atoms with Crippen LogP contribution in [-0.2, 0) is 22.8 Å². The van der Waals surface area contributed by atoms with Crippen LogP contribution in [0.15, 0.2) is 18.2 Å². The van der Waals surface area contributed by atoms with Crippen molar-refractivity contribution in [3.8, 4) is 0 Å². The first-order valence-electron chi connectivity index (χ1n) is 6.43. The fraction of sp³-hybridized carbons (Fsp3) is 0.500. The molecular formula is C14H14F3NO. The number of fused-ring (bicyclic) bond motifs is 2. The van der Waals surface area contributed by atoms with Crippen molar-refractivity contribution in [2.75, 3.05) is 6.54 Å². The molecule has 1 aliphatic heterocycles. The first-order chi connectivity index (χ1) is 8.95. The highest BCUT2D eigenvalue weighted by Crippen LogP contribution is 2.46. The third kappa shape index (κ3) is 1.75. The molecule has 2 nitrogen and oxygen atoms in total. The number of rotatable bonds is 0. The van der Waals surface area contributed by atoms with Gasteiger partial charge in [-0.25, -0.2) is 0 Å². The van der Waals surface area contributed by atoms with Crippen LogP contribution in [0.25, 0.3) is 0 Å². The summed E-state index contributed by atoms with van der Waals surface area (Å²) in [7, 11) is 0. The summed E-state index contributed by atoms with van der Waals surface area (Å²) in [5, 5.41) is 2.76. The minimum absolute atomic E-state index is 0.118. The molecule has 0 saturated carbocycles. The second kappa shape index (κ2) is 3.99. The van der Waals surface area contributed by atoms with Crippen molar-refractivity contribution in [2.45, 2.75) is 37.3 Å². The Balaban J connectivity index is 2.19. The van der Waals surface area contributed by atoms with Crippen LogP contribution < -0.4 is 5.32 Å². The van der Waals surface area contributed by atoms with E-state index in [1.807, 2.05) is 0 Å². The third-order valence-electron chi connectivity index (χ3n) is 4.30. The number of amides is 1. The number of hydrogen-bond acceptors (Lipinski definition) is 1. The van der Waals surface area contributed by atoms with Crippen molar-refractivity contribution in [3.63, 3.8) is 0 Å². The summed E-state index contributed by atoms with van der Waals surface area (Å²) in [6.07, 6.45) is -2.07. The van der Waals surface area contributed by atoms with Gasteiger partial charge in [-0.3, -0.25) is 4.79 Å². The Kier molecular flexibility index (Phi) is 2.62. The predicted molar refractivity (Wildman–Crippen MR) is 63.7 cm³/mol. The van der Waals surface area contributed by atoms with Crippen molar-refractivity contribution in [1.29, 1.82) is 0 Å². The number of carbonyl (C=O) groups excluding carboxylic acids is 1. The fourth-order valence-electron chi connectivity index (χ4n) is 3.44. The van der Waals surface area contributed by atoms with Crippen molar-refractivity contribution in [3.05, 3.63) is 34.9 Å². The maximum Gasteiger partial charge on any atom is 0.416 e. The predicted octanol–water partition coefficient (Wildman–Crippen LogP) is 2.80. The first kappa shape index (κ1) is 12.5. The summed E-state index contributed by atoms with van der Waals surface area (Å²) >= 11 is 0. The molecule has 0 bridgehead atoms. The molecular weight excluding hydrogens is 255 g/mol. The summed E-state index contributed by atoms with van der Waals surface area (Å²) in [5.41, 5.74) is -0.403. The van der Waals surface area contributed by atoms with Crippen LogP contribution in [0.3, 0.4) is 0 Å². The lowest BCUT2D eigenvalue weighted by atomic mass is 9.68. The maximum atomic E-state index is 13.0. The lowest BCUT2D eigenvalue weighted by Crippen LogP contribution is -2.39. The van der Waals surface area contributed by atoms with Gasteiger partial charge in [-0.2, -0.15) is 13.2 Å². The minimum Gasteiger partial charge on any atom is -0.355 e. The van der Waals surface area contributed by atoms with Crippen LogP contribution in [0.2, 0.25) is 0 Å². The summed E-state index contributed by atoms with van der Waals surface area (Å²) in [6.45, 7) is 0.550. The van der Waals surface area contributed by atoms with Gasteiger partial charge in [0.1, 0.15) is 0 Å². The molecule has 1 amide bonds. The van der Waals surface area contributed by atoms with E-state index in [4.69, 9.17) is 0 Å². The normalized spacial score (nSPS) is 26.4. The Labute approximate surface area is 109 Å². The van der Waals surface area contributed by atoms with Gasteiger partial charge >= 0.3 is 6.18 Å². The van der Waals surface area contributed by atoms with Crippen LogP contribution in [-0.4, -0.2) is 12.5 Å². The highest BCUT2D eigenvalue weighted by molar-refractivity contribution is 5.91. The number of benzene rings is 1. The zero-order chi connectivity index (χ0) is 13.7. The molecule has 2 aliphatic rings. The van der Waals surface area contributed by atoms with E-state index in [1.54, 1.807) is 6.07 Å². The fourth-order valence-corrected chi connectivity index (χ4v) is 3.44. The van der Waals surface area contributed by atoms with Gasteiger partial charge in [-0.1, -0.05) is 12.1 Å². The number of nitrogens with one attached hydrogen (secondary N) is 1. The molecule has 0 radical (unpaired) electrons. The molecule has 1 spiro atoms. The minimum atomic E-state index is -4.35. The molecule has 1 unspecified atom stereocenters. The van der Waals surface area contributed by atoms with Gasteiger partial charge in [0.05, 0.1) is 11.0 Å². The smallest absolute Gasteiger partial charge is 0.355 e. The van der Waals surface area contributed by atoms with E-state index in [2.05, 4.69) is 5.32 Å². The van der Waals surface area contributed by atoms with E-state index in [1.165, 1.54) is 6.07 Å². The molecule has 1 N–H and O–H groups in total. The Morgan fingerprint density at radius 1 is 1.21 bits per heavy atom. The van der Waals surface area contributed by atoms with Crippen LogP contribution in [0.5, 0.6) is 0 Å². The highest BCUT2D eigenvalue weighted by Gasteiger charge is 2.48. The summed E-state index contributed by atoms with van der Waals surface area (Å²) < 4.78 is 39.1. The summed E-state index contributed by atoms with van der Waals surface area (Å²) in [5.74, 6) is -0.118. The topological polar surface area (TPSA) is 29.1 Å². The van der Waals surface area contributed by atoms with Crippen LogP contribution >= 0.6 is 0 Å². The van der Waals surface area contributed by atoms with Crippen LogP contribution in [0.1, 0.15) is 36.0 Å². The largest absolute Gasteiger partial charge is 0.416 e. The average molecular weight is 269 g/mol. The molecule has 1 aromatic rings. The van der Waals surface area contributed by atoms with Crippen molar-refractivity contribution in [1.82, 2.24) is 5.32 Å². The van der Waals surface area contributed by atoms with Crippen molar-refractivity contribution < 1.29 is 18.0 Å². The zero-order valence-corrected chi connectivity index (χ0v) is 10.3.